The Morgan fingerprint density at radius 3 is 2.72 bits per heavy atom. The Labute approximate surface area is 114 Å². The van der Waals surface area contributed by atoms with Crippen LogP contribution in [0.4, 0.5) is 5.69 Å². The monoisotopic (exact) mass is 316 g/mol. The van der Waals surface area contributed by atoms with Crippen LogP contribution in [0.3, 0.4) is 0 Å². The molecule has 0 atom stereocenters. The number of hydrogen-bond acceptors (Lipinski definition) is 3. The van der Waals surface area contributed by atoms with Gasteiger partial charge < -0.3 is 14.6 Å². The highest BCUT2D eigenvalue weighted by Gasteiger charge is 2.23. The number of pyridine rings is 1. The smallest absolute Gasteiger partial charge is 0.250 e. The Hall–Kier alpha value is -1.14. The van der Waals surface area contributed by atoms with Crippen molar-refractivity contribution >= 4 is 27.5 Å². The van der Waals surface area contributed by atoms with Crippen LogP contribution in [0.15, 0.2) is 23.1 Å². The molecule has 0 bridgehead atoms. The van der Waals surface area contributed by atoms with Crippen LogP contribution in [-0.2, 0) is 16.1 Å². The average Bonchev–Trinajstić information content (AvgIpc) is 2.28. The van der Waals surface area contributed by atoms with Gasteiger partial charge in [0.25, 0.3) is 5.56 Å². The van der Waals surface area contributed by atoms with E-state index in [9.17, 15) is 9.59 Å². The molecule has 1 N–H and O–H groups in total. The van der Waals surface area contributed by atoms with Gasteiger partial charge in [0.1, 0.15) is 0 Å². The van der Waals surface area contributed by atoms with Gasteiger partial charge in [-0.15, -0.1) is 0 Å². The highest BCUT2D eigenvalue weighted by atomic mass is 79.9. The van der Waals surface area contributed by atoms with Gasteiger partial charge in [-0.25, -0.2) is 0 Å². The summed E-state index contributed by atoms with van der Waals surface area (Å²) < 4.78 is 5.77. The van der Waals surface area contributed by atoms with Crippen molar-refractivity contribution < 1.29 is 9.53 Å². The summed E-state index contributed by atoms with van der Waals surface area (Å²) in [6, 6.07) is 3.01. The van der Waals surface area contributed by atoms with E-state index in [1.807, 2.05) is 0 Å². The van der Waals surface area contributed by atoms with Crippen LogP contribution in [0.1, 0.15) is 13.8 Å². The first-order valence-electron chi connectivity index (χ1n) is 5.54. The minimum Gasteiger partial charge on any atom is -0.383 e. The molecular formula is C12H17BrN2O3. The molecular weight excluding hydrogens is 300 g/mol. The Balaban J connectivity index is 2.85. The third kappa shape index (κ3) is 4.27. The molecule has 0 aliphatic rings. The van der Waals surface area contributed by atoms with E-state index >= 15 is 0 Å². The molecule has 0 aliphatic heterocycles. The summed E-state index contributed by atoms with van der Waals surface area (Å²) >= 11 is 3.28. The number of amides is 1. The molecule has 6 heteroatoms. The van der Waals surface area contributed by atoms with E-state index < -0.39 is 4.32 Å². The fourth-order valence-electron chi connectivity index (χ4n) is 1.25. The van der Waals surface area contributed by atoms with Crippen molar-refractivity contribution in [3.05, 3.63) is 28.7 Å². The molecule has 1 heterocycles. The van der Waals surface area contributed by atoms with E-state index in [0.717, 1.165) is 0 Å². The van der Waals surface area contributed by atoms with Gasteiger partial charge in [-0.1, -0.05) is 15.9 Å². The van der Waals surface area contributed by atoms with Crippen LogP contribution in [0, 0.1) is 0 Å². The molecule has 0 spiro atoms. The normalized spacial score (nSPS) is 11.3. The summed E-state index contributed by atoms with van der Waals surface area (Å²) in [5.74, 6) is -0.167. The maximum Gasteiger partial charge on any atom is 0.250 e. The number of aromatic nitrogens is 1. The second kappa shape index (κ2) is 6.15. The van der Waals surface area contributed by atoms with Crippen LogP contribution in [-0.4, -0.2) is 28.5 Å². The lowest BCUT2D eigenvalue weighted by Gasteiger charge is -2.16. The van der Waals surface area contributed by atoms with Gasteiger partial charge in [0.2, 0.25) is 5.91 Å². The fourth-order valence-corrected chi connectivity index (χ4v) is 1.35. The molecule has 0 radical (unpaired) electrons. The van der Waals surface area contributed by atoms with Gasteiger partial charge in [0.15, 0.2) is 0 Å². The fraction of sp³-hybridized carbons (Fsp3) is 0.500. The predicted molar refractivity (Wildman–Crippen MR) is 74.2 cm³/mol. The van der Waals surface area contributed by atoms with Crippen molar-refractivity contribution in [2.24, 2.45) is 0 Å². The number of ether oxygens (including phenoxy) is 1. The van der Waals surface area contributed by atoms with Gasteiger partial charge in [0.05, 0.1) is 16.6 Å². The molecule has 0 aliphatic carbocycles. The zero-order valence-corrected chi connectivity index (χ0v) is 12.3. The number of nitrogens with zero attached hydrogens (tertiary/aromatic N) is 1. The lowest BCUT2D eigenvalue weighted by molar-refractivity contribution is -0.117. The Morgan fingerprint density at radius 1 is 1.50 bits per heavy atom. The standard InChI is InChI=1S/C12H17BrN2O3/c1-12(2,13)11(17)14-9-4-5-10(16)15(8-9)6-7-18-3/h4-5,8H,6-7H2,1-3H3,(H,14,17). The zero-order chi connectivity index (χ0) is 13.8. The summed E-state index contributed by atoms with van der Waals surface area (Å²) in [5, 5.41) is 2.74. The molecule has 1 aromatic heterocycles. The largest absolute Gasteiger partial charge is 0.383 e. The number of anilines is 1. The third-order valence-electron chi connectivity index (χ3n) is 2.32. The number of alkyl halides is 1. The lowest BCUT2D eigenvalue weighted by Crippen LogP contribution is -2.31. The maximum atomic E-state index is 11.8. The number of rotatable bonds is 5. The molecule has 100 valence electrons. The van der Waals surface area contributed by atoms with Gasteiger partial charge >= 0.3 is 0 Å². The first-order chi connectivity index (χ1) is 8.34. The van der Waals surface area contributed by atoms with Crippen molar-refractivity contribution in [2.75, 3.05) is 19.0 Å². The Bertz CT molecular complexity index is 477. The summed E-state index contributed by atoms with van der Waals surface area (Å²) in [6.45, 7) is 4.41. The average molecular weight is 317 g/mol. The van der Waals surface area contributed by atoms with Crippen molar-refractivity contribution in [1.82, 2.24) is 4.57 Å². The highest BCUT2D eigenvalue weighted by Crippen LogP contribution is 2.18. The van der Waals surface area contributed by atoms with Gasteiger partial charge in [0, 0.05) is 25.9 Å². The number of halogens is 1. The lowest BCUT2D eigenvalue weighted by atomic mass is 10.2. The highest BCUT2D eigenvalue weighted by molar-refractivity contribution is 9.10. The summed E-state index contributed by atoms with van der Waals surface area (Å²) in [5.41, 5.74) is 0.464. The van der Waals surface area contributed by atoms with E-state index in [1.165, 1.54) is 10.6 Å². The molecule has 1 rings (SSSR count). The molecule has 1 amide bonds. The minimum atomic E-state index is -0.652. The molecule has 0 aromatic carbocycles. The topological polar surface area (TPSA) is 60.3 Å². The second-order valence-corrected chi connectivity index (χ2v) is 6.35. The summed E-state index contributed by atoms with van der Waals surface area (Å²) in [6.07, 6.45) is 1.61. The van der Waals surface area contributed by atoms with Gasteiger partial charge in [-0.3, -0.25) is 9.59 Å². The Kier molecular flexibility index (Phi) is 5.10. The van der Waals surface area contributed by atoms with Gasteiger partial charge in [-0.2, -0.15) is 0 Å². The molecule has 0 fully saturated rings. The van der Waals surface area contributed by atoms with Crippen LogP contribution < -0.4 is 10.9 Å². The van der Waals surface area contributed by atoms with Crippen LogP contribution in [0.25, 0.3) is 0 Å². The van der Waals surface area contributed by atoms with Gasteiger partial charge in [-0.05, 0) is 19.9 Å². The number of hydrogen-bond donors (Lipinski definition) is 1. The first-order valence-corrected chi connectivity index (χ1v) is 6.33. The number of carbonyl (C=O) groups is 1. The number of carbonyl (C=O) groups excluding carboxylic acids is 1. The van der Waals surface area contributed by atoms with Crippen molar-refractivity contribution in [3.63, 3.8) is 0 Å². The van der Waals surface area contributed by atoms with E-state index in [-0.39, 0.29) is 11.5 Å². The molecule has 0 saturated heterocycles. The van der Waals surface area contributed by atoms with E-state index in [4.69, 9.17) is 4.74 Å². The predicted octanol–water partition coefficient (Wildman–Crippen LogP) is 1.61. The quantitative estimate of drug-likeness (QED) is 0.839. The minimum absolute atomic E-state index is 0.122. The van der Waals surface area contributed by atoms with Crippen molar-refractivity contribution in [2.45, 2.75) is 24.7 Å². The van der Waals surface area contributed by atoms with Crippen LogP contribution in [0.5, 0.6) is 0 Å². The number of methoxy groups -OCH3 is 1. The molecule has 0 saturated carbocycles. The van der Waals surface area contributed by atoms with Crippen molar-refractivity contribution in [3.8, 4) is 0 Å². The van der Waals surface area contributed by atoms with Crippen molar-refractivity contribution in [1.29, 1.82) is 0 Å². The van der Waals surface area contributed by atoms with Crippen LogP contribution in [0.2, 0.25) is 0 Å². The summed E-state index contributed by atoms with van der Waals surface area (Å²) in [7, 11) is 1.57. The second-order valence-electron chi connectivity index (χ2n) is 4.37. The van der Waals surface area contributed by atoms with E-state index in [1.54, 1.807) is 33.2 Å². The zero-order valence-electron chi connectivity index (χ0n) is 10.7. The molecule has 0 unspecified atom stereocenters. The third-order valence-corrected chi connectivity index (χ3v) is 2.68. The first kappa shape index (κ1) is 14.9. The molecule has 18 heavy (non-hydrogen) atoms. The van der Waals surface area contributed by atoms with E-state index in [2.05, 4.69) is 21.2 Å². The van der Waals surface area contributed by atoms with Crippen LogP contribution >= 0.6 is 15.9 Å². The molecule has 5 nitrogen and oxygen atoms in total. The number of nitrogens with one attached hydrogen (secondary N) is 1. The Morgan fingerprint density at radius 2 is 2.17 bits per heavy atom. The molecule has 1 aromatic rings. The maximum absolute atomic E-state index is 11.8. The SMILES string of the molecule is COCCn1cc(NC(=O)C(C)(C)Br)ccc1=O. The van der Waals surface area contributed by atoms with E-state index in [0.29, 0.717) is 18.8 Å². The summed E-state index contributed by atoms with van der Waals surface area (Å²) in [4.78, 5) is 23.3.